The fraction of sp³-hybridized carbons (Fsp3) is 0.308. The van der Waals surface area contributed by atoms with Crippen LogP contribution < -0.4 is 5.32 Å². The lowest BCUT2D eigenvalue weighted by atomic mass is 9.95. The van der Waals surface area contributed by atoms with Gasteiger partial charge in [-0.2, -0.15) is 5.26 Å². The standard InChI is InChI=1S/C13H13ClN2/c14-13-4-2-1-3-11(13)12(9-15)10-5-7-16-8-6-10/h1-4,16H,5-8H2. The van der Waals surface area contributed by atoms with E-state index in [2.05, 4.69) is 11.4 Å². The van der Waals surface area contributed by atoms with Crippen molar-refractivity contribution < 1.29 is 0 Å². The van der Waals surface area contributed by atoms with E-state index in [1.54, 1.807) is 0 Å². The topological polar surface area (TPSA) is 35.8 Å². The molecule has 0 atom stereocenters. The van der Waals surface area contributed by atoms with Crippen LogP contribution in [-0.2, 0) is 0 Å². The Morgan fingerprint density at radius 3 is 2.56 bits per heavy atom. The second-order valence-corrected chi connectivity index (χ2v) is 4.23. The molecule has 1 heterocycles. The number of allylic oxidation sites excluding steroid dienone is 1. The highest BCUT2D eigenvalue weighted by Crippen LogP contribution is 2.28. The van der Waals surface area contributed by atoms with Gasteiger partial charge in [0.15, 0.2) is 0 Å². The molecule has 0 aliphatic carbocycles. The van der Waals surface area contributed by atoms with Crippen molar-refractivity contribution >= 4 is 17.2 Å². The van der Waals surface area contributed by atoms with Crippen LogP contribution in [0, 0.1) is 11.3 Å². The van der Waals surface area contributed by atoms with E-state index in [4.69, 9.17) is 11.6 Å². The summed E-state index contributed by atoms with van der Waals surface area (Å²) >= 11 is 6.12. The minimum Gasteiger partial charge on any atom is -0.316 e. The zero-order chi connectivity index (χ0) is 11.4. The molecule has 1 fully saturated rings. The van der Waals surface area contributed by atoms with E-state index in [0.29, 0.717) is 5.02 Å². The number of nitrogens with one attached hydrogen (secondary N) is 1. The Balaban J connectivity index is 2.43. The minimum atomic E-state index is 0.657. The molecule has 0 spiro atoms. The number of halogens is 1. The Kier molecular flexibility index (Phi) is 3.61. The van der Waals surface area contributed by atoms with Crippen molar-refractivity contribution in [3.8, 4) is 6.07 Å². The molecule has 1 saturated heterocycles. The summed E-state index contributed by atoms with van der Waals surface area (Å²) < 4.78 is 0. The van der Waals surface area contributed by atoms with Crippen LogP contribution in [-0.4, -0.2) is 13.1 Å². The molecule has 0 bridgehead atoms. The van der Waals surface area contributed by atoms with Crippen LogP contribution in [0.4, 0.5) is 0 Å². The van der Waals surface area contributed by atoms with Crippen LogP contribution >= 0.6 is 11.6 Å². The zero-order valence-corrected chi connectivity index (χ0v) is 9.72. The Morgan fingerprint density at radius 1 is 1.25 bits per heavy atom. The Labute approximate surface area is 101 Å². The lowest BCUT2D eigenvalue weighted by Crippen LogP contribution is -2.23. The van der Waals surface area contributed by atoms with Gasteiger partial charge in [0.2, 0.25) is 0 Å². The Bertz CT molecular complexity index is 449. The van der Waals surface area contributed by atoms with Gasteiger partial charge in [0.25, 0.3) is 0 Å². The number of nitriles is 1. The summed E-state index contributed by atoms with van der Waals surface area (Å²) in [5, 5.41) is 13.2. The van der Waals surface area contributed by atoms with Gasteiger partial charge < -0.3 is 5.32 Å². The number of hydrogen-bond acceptors (Lipinski definition) is 2. The largest absolute Gasteiger partial charge is 0.316 e. The summed E-state index contributed by atoms with van der Waals surface area (Å²) in [5.41, 5.74) is 2.84. The molecule has 1 aromatic carbocycles. The molecule has 1 aliphatic heterocycles. The van der Waals surface area contributed by atoms with Gasteiger partial charge >= 0.3 is 0 Å². The molecule has 1 aliphatic rings. The fourth-order valence-corrected chi connectivity index (χ4v) is 2.20. The zero-order valence-electron chi connectivity index (χ0n) is 8.96. The van der Waals surface area contributed by atoms with Gasteiger partial charge in [0, 0.05) is 10.6 Å². The first-order chi connectivity index (χ1) is 7.83. The van der Waals surface area contributed by atoms with Gasteiger partial charge in [0.05, 0.1) is 11.6 Å². The first kappa shape index (κ1) is 11.2. The second kappa shape index (κ2) is 5.16. The number of hydrogen-bond donors (Lipinski definition) is 1. The van der Waals surface area contributed by atoms with Gasteiger partial charge in [-0.25, -0.2) is 0 Å². The summed E-state index contributed by atoms with van der Waals surface area (Å²) in [6.45, 7) is 1.90. The van der Waals surface area contributed by atoms with Gasteiger partial charge in [0.1, 0.15) is 0 Å². The number of piperidine rings is 1. The maximum Gasteiger partial charge on any atom is 0.0998 e. The molecule has 0 radical (unpaired) electrons. The molecule has 2 nitrogen and oxygen atoms in total. The van der Waals surface area contributed by atoms with E-state index in [1.807, 2.05) is 24.3 Å². The minimum absolute atomic E-state index is 0.657. The van der Waals surface area contributed by atoms with Crippen molar-refractivity contribution in [1.82, 2.24) is 5.32 Å². The number of nitrogens with zero attached hydrogens (tertiary/aromatic N) is 1. The Hall–Kier alpha value is -1.30. The van der Waals surface area contributed by atoms with Crippen LogP contribution in [0.5, 0.6) is 0 Å². The lowest BCUT2D eigenvalue weighted by molar-refractivity contribution is 0.612. The van der Waals surface area contributed by atoms with Crippen molar-refractivity contribution in [3.05, 3.63) is 40.4 Å². The summed E-state index contributed by atoms with van der Waals surface area (Å²) in [4.78, 5) is 0. The van der Waals surface area contributed by atoms with Gasteiger partial charge in [-0.1, -0.05) is 29.8 Å². The van der Waals surface area contributed by atoms with E-state index in [9.17, 15) is 5.26 Å². The number of benzene rings is 1. The van der Waals surface area contributed by atoms with E-state index >= 15 is 0 Å². The maximum absolute atomic E-state index is 9.27. The average molecular weight is 233 g/mol. The first-order valence-electron chi connectivity index (χ1n) is 5.40. The average Bonchev–Trinajstić information content (AvgIpc) is 2.34. The lowest BCUT2D eigenvalue weighted by Gasteiger charge is -2.17. The van der Waals surface area contributed by atoms with E-state index < -0.39 is 0 Å². The summed E-state index contributed by atoms with van der Waals surface area (Å²) in [6, 6.07) is 9.84. The molecule has 16 heavy (non-hydrogen) atoms. The molecular formula is C13H13ClN2. The highest BCUT2D eigenvalue weighted by molar-refractivity contribution is 6.32. The predicted octanol–water partition coefficient (Wildman–Crippen LogP) is 3.00. The van der Waals surface area contributed by atoms with Crippen molar-refractivity contribution in [2.75, 3.05) is 13.1 Å². The van der Waals surface area contributed by atoms with Crippen molar-refractivity contribution in [2.24, 2.45) is 0 Å². The van der Waals surface area contributed by atoms with Gasteiger partial charge in [-0.3, -0.25) is 0 Å². The smallest absolute Gasteiger partial charge is 0.0998 e. The summed E-state index contributed by atoms with van der Waals surface area (Å²) in [6.07, 6.45) is 1.88. The van der Waals surface area contributed by atoms with Crippen molar-refractivity contribution in [2.45, 2.75) is 12.8 Å². The molecule has 0 amide bonds. The summed E-state index contributed by atoms with van der Waals surface area (Å²) in [5.74, 6) is 0. The van der Waals surface area contributed by atoms with Crippen LogP contribution in [0.15, 0.2) is 29.8 Å². The van der Waals surface area contributed by atoms with E-state index in [1.165, 1.54) is 5.57 Å². The third-order valence-electron chi connectivity index (χ3n) is 2.82. The maximum atomic E-state index is 9.27. The molecule has 82 valence electrons. The molecule has 0 saturated carbocycles. The van der Waals surface area contributed by atoms with Crippen LogP contribution in [0.2, 0.25) is 5.02 Å². The molecule has 1 N–H and O–H groups in total. The quantitative estimate of drug-likeness (QED) is 0.756. The van der Waals surface area contributed by atoms with Crippen molar-refractivity contribution in [1.29, 1.82) is 5.26 Å². The van der Waals surface area contributed by atoms with Gasteiger partial charge in [-0.05, 0) is 37.6 Å². The Morgan fingerprint density at radius 2 is 1.94 bits per heavy atom. The molecule has 3 heteroatoms. The van der Waals surface area contributed by atoms with E-state index in [-0.39, 0.29) is 0 Å². The molecule has 1 aromatic rings. The summed E-state index contributed by atoms with van der Waals surface area (Å²) in [7, 11) is 0. The fourth-order valence-electron chi connectivity index (χ4n) is 1.97. The highest BCUT2D eigenvalue weighted by atomic mass is 35.5. The SMILES string of the molecule is N#CC(=C1CCNCC1)c1ccccc1Cl. The van der Waals surface area contributed by atoms with E-state index in [0.717, 1.165) is 37.1 Å². The van der Waals surface area contributed by atoms with Gasteiger partial charge in [-0.15, -0.1) is 0 Å². The third kappa shape index (κ3) is 2.27. The second-order valence-electron chi connectivity index (χ2n) is 3.82. The normalized spacial score (nSPS) is 15.6. The highest BCUT2D eigenvalue weighted by Gasteiger charge is 2.14. The monoisotopic (exact) mass is 232 g/mol. The van der Waals surface area contributed by atoms with Crippen LogP contribution in [0.1, 0.15) is 18.4 Å². The molecule has 2 rings (SSSR count). The van der Waals surface area contributed by atoms with Crippen LogP contribution in [0.25, 0.3) is 5.57 Å². The molecule has 0 unspecified atom stereocenters. The first-order valence-corrected chi connectivity index (χ1v) is 5.78. The molecule has 0 aromatic heterocycles. The number of rotatable bonds is 1. The van der Waals surface area contributed by atoms with Crippen molar-refractivity contribution in [3.63, 3.8) is 0 Å². The van der Waals surface area contributed by atoms with Crippen LogP contribution in [0.3, 0.4) is 0 Å². The predicted molar refractivity (Wildman–Crippen MR) is 66.1 cm³/mol. The third-order valence-corrected chi connectivity index (χ3v) is 3.15. The molecular weight excluding hydrogens is 220 g/mol.